The summed E-state index contributed by atoms with van der Waals surface area (Å²) in [7, 11) is -0.810. The van der Waals surface area contributed by atoms with E-state index in [0.717, 1.165) is 22.2 Å². The van der Waals surface area contributed by atoms with Crippen LogP contribution >= 0.6 is 22.9 Å². The van der Waals surface area contributed by atoms with Crippen molar-refractivity contribution in [1.29, 1.82) is 0 Å². The standard InChI is InChI=1S/C14H15ClN4O3S2/c1-19(2)24(21,22)9-5-6-11(15)10(7-9)12(20)16-14-18-17-13(23-14)8-3-4-8/h5-8H,3-4H2,1-2H3,(H,16,18,20). The molecule has 1 aliphatic carbocycles. The van der Waals surface area contributed by atoms with Crippen LogP contribution in [0.1, 0.15) is 34.1 Å². The maximum atomic E-state index is 12.4. The summed E-state index contributed by atoms with van der Waals surface area (Å²) < 4.78 is 25.5. The molecule has 0 spiro atoms. The van der Waals surface area contributed by atoms with Crippen molar-refractivity contribution in [3.05, 3.63) is 33.8 Å². The van der Waals surface area contributed by atoms with E-state index < -0.39 is 15.9 Å². The average molecular weight is 387 g/mol. The lowest BCUT2D eigenvalue weighted by atomic mass is 10.2. The van der Waals surface area contributed by atoms with E-state index in [0.29, 0.717) is 11.0 Å². The van der Waals surface area contributed by atoms with Gasteiger partial charge in [-0.05, 0) is 31.0 Å². The molecule has 1 heterocycles. The zero-order valence-corrected chi connectivity index (χ0v) is 15.4. The Bertz CT molecular complexity index is 891. The van der Waals surface area contributed by atoms with Crippen molar-refractivity contribution in [2.24, 2.45) is 0 Å². The summed E-state index contributed by atoms with van der Waals surface area (Å²) in [5.74, 6) is -0.0698. The highest BCUT2D eigenvalue weighted by Crippen LogP contribution is 2.42. The first-order valence-corrected chi connectivity index (χ1v) is 9.79. The van der Waals surface area contributed by atoms with Crippen molar-refractivity contribution in [3.63, 3.8) is 0 Å². The first kappa shape index (κ1) is 17.3. The molecule has 1 saturated carbocycles. The van der Waals surface area contributed by atoms with Crippen LogP contribution in [0.15, 0.2) is 23.1 Å². The SMILES string of the molecule is CN(C)S(=O)(=O)c1ccc(Cl)c(C(=O)Nc2nnc(C3CC3)s2)c1. The minimum absolute atomic E-state index is 0.00187. The minimum Gasteiger partial charge on any atom is -0.296 e. The maximum Gasteiger partial charge on any atom is 0.259 e. The molecule has 128 valence electrons. The number of halogens is 1. The smallest absolute Gasteiger partial charge is 0.259 e. The number of aromatic nitrogens is 2. The molecule has 0 aliphatic heterocycles. The minimum atomic E-state index is -3.65. The van der Waals surface area contributed by atoms with Crippen molar-refractivity contribution >= 4 is 44.0 Å². The molecule has 0 radical (unpaired) electrons. The topological polar surface area (TPSA) is 92.3 Å². The summed E-state index contributed by atoms with van der Waals surface area (Å²) in [5.41, 5.74) is 0.0720. The first-order valence-electron chi connectivity index (χ1n) is 7.16. The van der Waals surface area contributed by atoms with Crippen molar-refractivity contribution < 1.29 is 13.2 Å². The molecule has 24 heavy (non-hydrogen) atoms. The molecule has 0 atom stereocenters. The molecule has 0 saturated heterocycles. The lowest BCUT2D eigenvalue weighted by molar-refractivity contribution is 0.102. The van der Waals surface area contributed by atoms with Crippen LogP contribution in [0.3, 0.4) is 0 Å². The van der Waals surface area contributed by atoms with E-state index in [2.05, 4.69) is 15.5 Å². The molecule has 7 nitrogen and oxygen atoms in total. The van der Waals surface area contributed by atoms with Crippen LogP contribution in [0.25, 0.3) is 0 Å². The summed E-state index contributed by atoms with van der Waals surface area (Å²) >= 11 is 7.37. The van der Waals surface area contributed by atoms with Crippen LogP contribution in [0.4, 0.5) is 5.13 Å². The second kappa shape index (κ2) is 6.40. The molecule has 1 aromatic carbocycles. The van der Waals surface area contributed by atoms with Crippen LogP contribution in [0.5, 0.6) is 0 Å². The highest BCUT2D eigenvalue weighted by atomic mass is 35.5. The molecular formula is C14H15ClN4O3S2. The molecule has 1 fully saturated rings. The number of nitrogens with zero attached hydrogens (tertiary/aromatic N) is 3. The number of amides is 1. The van der Waals surface area contributed by atoms with Gasteiger partial charge < -0.3 is 0 Å². The lowest BCUT2D eigenvalue weighted by Gasteiger charge is -2.12. The summed E-state index contributed by atoms with van der Waals surface area (Å²) in [4.78, 5) is 12.4. The van der Waals surface area contributed by atoms with Gasteiger partial charge in [-0.1, -0.05) is 22.9 Å². The zero-order valence-electron chi connectivity index (χ0n) is 13.0. The van der Waals surface area contributed by atoms with E-state index in [9.17, 15) is 13.2 Å². The van der Waals surface area contributed by atoms with E-state index in [-0.39, 0.29) is 15.5 Å². The van der Waals surface area contributed by atoms with Gasteiger partial charge in [-0.2, -0.15) is 0 Å². The first-order chi connectivity index (χ1) is 11.3. The predicted octanol–water partition coefficient (Wildman–Crippen LogP) is 2.57. The third kappa shape index (κ3) is 3.44. The van der Waals surface area contributed by atoms with Crippen LogP contribution < -0.4 is 5.32 Å². The number of nitrogens with one attached hydrogen (secondary N) is 1. The van der Waals surface area contributed by atoms with E-state index in [1.807, 2.05) is 0 Å². The number of hydrogen-bond donors (Lipinski definition) is 1. The third-order valence-electron chi connectivity index (χ3n) is 3.55. The Morgan fingerprint density at radius 1 is 1.33 bits per heavy atom. The second-order valence-corrected chi connectivity index (χ2v) is 9.17. The van der Waals surface area contributed by atoms with Crippen LogP contribution in [0, 0.1) is 0 Å². The fourth-order valence-electron chi connectivity index (χ4n) is 1.99. The summed E-state index contributed by atoms with van der Waals surface area (Å²) in [6.07, 6.45) is 2.19. The average Bonchev–Trinajstić information content (AvgIpc) is 3.27. The van der Waals surface area contributed by atoms with E-state index in [4.69, 9.17) is 11.6 Å². The van der Waals surface area contributed by atoms with Crippen molar-refractivity contribution in [3.8, 4) is 0 Å². The Morgan fingerprint density at radius 2 is 2.04 bits per heavy atom. The van der Waals surface area contributed by atoms with Crippen molar-refractivity contribution in [2.45, 2.75) is 23.7 Å². The number of benzene rings is 1. The largest absolute Gasteiger partial charge is 0.296 e. The summed E-state index contributed by atoms with van der Waals surface area (Å²) in [6.45, 7) is 0. The highest BCUT2D eigenvalue weighted by molar-refractivity contribution is 7.89. The molecular weight excluding hydrogens is 372 g/mol. The summed E-state index contributed by atoms with van der Waals surface area (Å²) in [5, 5.41) is 12.0. The van der Waals surface area contributed by atoms with E-state index in [1.165, 1.54) is 43.6 Å². The van der Waals surface area contributed by atoms with Crippen molar-refractivity contribution in [2.75, 3.05) is 19.4 Å². The summed E-state index contributed by atoms with van der Waals surface area (Å²) in [6, 6.07) is 4.02. The number of rotatable bonds is 5. The number of anilines is 1. The van der Waals surface area contributed by atoms with E-state index >= 15 is 0 Å². The normalized spacial score (nSPS) is 14.8. The zero-order chi connectivity index (χ0) is 17.5. The van der Waals surface area contributed by atoms with Gasteiger partial charge in [-0.3, -0.25) is 10.1 Å². The Labute approximate surface area is 148 Å². The van der Waals surface area contributed by atoms with Gasteiger partial charge in [0.15, 0.2) is 0 Å². The van der Waals surface area contributed by atoms with Gasteiger partial charge >= 0.3 is 0 Å². The maximum absolute atomic E-state index is 12.4. The monoisotopic (exact) mass is 386 g/mol. The molecule has 1 amide bonds. The van der Waals surface area contributed by atoms with E-state index in [1.54, 1.807) is 0 Å². The number of hydrogen-bond acceptors (Lipinski definition) is 6. The highest BCUT2D eigenvalue weighted by Gasteiger charge is 2.28. The molecule has 1 N–H and O–H groups in total. The molecule has 2 aromatic rings. The number of carbonyl (C=O) groups is 1. The molecule has 1 aromatic heterocycles. The van der Waals surface area contributed by atoms with Crippen LogP contribution in [-0.4, -0.2) is 42.9 Å². The molecule has 10 heteroatoms. The Balaban J connectivity index is 1.85. The van der Waals surface area contributed by atoms with Gasteiger partial charge in [0, 0.05) is 20.0 Å². The van der Waals surface area contributed by atoms with Gasteiger partial charge in [0.05, 0.1) is 15.5 Å². The third-order valence-corrected chi connectivity index (χ3v) is 6.69. The second-order valence-electron chi connectivity index (χ2n) is 5.60. The lowest BCUT2D eigenvalue weighted by Crippen LogP contribution is -2.23. The van der Waals surface area contributed by atoms with Crippen molar-refractivity contribution in [1.82, 2.24) is 14.5 Å². The molecule has 0 unspecified atom stereocenters. The Morgan fingerprint density at radius 3 is 2.67 bits per heavy atom. The number of carbonyl (C=O) groups excluding carboxylic acids is 1. The Kier molecular flexibility index (Phi) is 4.60. The van der Waals surface area contributed by atoms with Gasteiger partial charge in [-0.25, -0.2) is 12.7 Å². The van der Waals surface area contributed by atoms with Crippen LogP contribution in [0.2, 0.25) is 5.02 Å². The van der Waals surface area contributed by atoms with Gasteiger partial charge in [0.2, 0.25) is 15.2 Å². The fourth-order valence-corrected chi connectivity index (χ4v) is 4.03. The van der Waals surface area contributed by atoms with Crippen LogP contribution in [-0.2, 0) is 10.0 Å². The molecule has 1 aliphatic rings. The fraction of sp³-hybridized carbons (Fsp3) is 0.357. The molecule has 3 rings (SSSR count). The quantitative estimate of drug-likeness (QED) is 0.852. The Hall–Kier alpha value is -1.55. The molecule has 0 bridgehead atoms. The number of sulfonamides is 1. The van der Waals surface area contributed by atoms with Gasteiger partial charge in [0.1, 0.15) is 5.01 Å². The predicted molar refractivity (Wildman–Crippen MR) is 92.2 cm³/mol. The van der Waals surface area contributed by atoms with Gasteiger partial charge in [-0.15, -0.1) is 10.2 Å². The van der Waals surface area contributed by atoms with Gasteiger partial charge in [0.25, 0.3) is 5.91 Å².